The lowest BCUT2D eigenvalue weighted by Crippen LogP contribution is -2.22. The number of pyridine rings is 1. The van der Waals surface area contributed by atoms with Gasteiger partial charge in [0.1, 0.15) is 6.10 Å². The number of aromatic nitrogens is 3. The molecule has 0 saturated carbocycles. The van der Waals surface area contributed by atoms with E-state index >= 15 is 0 Å². The molecule has 9 nitrogen and oxygen atoms in total. The van der Waals surface area contributed by atoms with Gasteiger partial charge >= 0.3 is 6.09 Å². The highest BCUT2D eigenvalue weighted by atomic mass is 16.6. The summed E-state index contributed by atoms with van der Waals surface area (Å²) >= 11 is 0. The van der Waals surface area contributed by atoms with Crippen LogP contribution in [0, 0.1) is 13.8 Å². The first kappa shape index (κ1) is 18.7. The van der Waals surface area contributed by atoms with Crippen molar-refractivity contribution in [2.75, 3.05) is 19.0 Å². The molecular formula is C20H21N5O4. The molecule has 1 atom stereocenters. The zero-order chi connectivity index (χ0) is 20.5. The SMILES string of the molecule is COc1cc(C(=O)Nc2c(C)nn(CC3CNC(=O)O3)c2C)c2ccccc2n1. The monoisotopic (exact) mass is 395 g/mol. The second-order valence-electron chi connectivity index (χ2n) is 6.82. The van der Waals surface area contributed by atoms with E-state index in [1.165, 1.54) is 7.11 Å². The Labute approximate surface area is 167 Å². The summed E-state index contributed by atoms with van der Waals surface area (Å²) in [6, 6.07) is 9.02. The quantitative estimate of drug-likeness (QED) is 0.687. The molecule has 1 saturated heterocycles. The number of rotatable bonds is 5. The van der Waals surface area contributed by atoms with Gasteiger partial charge in [0.15, 0.2) is 0 Å². The number of aryl methyl sites for hydroxylation is 1. The first-order valence-electron chi connectivity index (χ1n) is 9.20. The van der Waals surface area contributed by atoms with Crippen LogP contribution in [0.25, 0.3) is 10.9 Å². The van der Waals surface area contributed by atoms with Gasteiger partial charge in [0.2, 0.25) is 5.88 Å². The Kier molecular flexibility index (Phi) is 4.79. The fourth-order valence-corrected chi connectivity index (χ4v) is 3.41. The van der Waals surface area contributed by atoms with Crippen LogP contribution in [0.15, 0.2) is 30.3 Å². The number of hydrogen-bond acceptors (Lipinski definition) is 6. The second kappa shape index (κ2) is 7.42. The number of hydrogen-bond donors (Lipinski definition) is 2. The van der Waals surface area contributed by atoms with E-state index in [1.807, 2.05) is 38.1 Å². The fraction of sp³-hybridized carbons (Fsp3) is 0.300. The van der Waals surface area contributed by atoms with Crippen LogP contribution in [-0.2, 0) is 11.3 Å². The van der Waals surface area contributed by atoms with Crippen molar-refractivity contribution < 1.29 is 19.1 Å². The second-order valence-corrected chi connectivity index (χ2v) is 6.82. The van der Waals surface area contributed by atoms with Crippen LogP contribution in [0.3, 0.4) is 0 Å². The third kappa shape index (κ3) is 3.58. The fourth-order valence-electron chi connectivity index (χ4n) is 3.41. The number of carbonyl (C=O) groups excluding carboxylic acids is 2. The molecule has 2 aromatic heterocycles. The standard InChI is InChI=1S/C20H21N5O4/c1-11-18(12(2)25(24-11)10-13-9-21-20(27)29-13)23-19(26)15-8-17(28-3)22-16-7-5-4-6-14(15)16/h4-8,13H,9-10H2,1-3H3,(H,21,27)(H,23,26). The molecule has 4 rings (SSSR count). The van der Waals surface area contributed by atoms with E-state index in [0.717, 1.165) is 11.1 Å². The van der Waals surface area contributed by atoms with Gasteiger partial charge in [-0.25, -0.2) is 9.78 Å². The van der Waals surface area contributed by atoms with Crippen LogP contribution >= 0.6 is 0 Å². The molecule has 2 N–H and O–H groups in total. The van der Waals surface area contributed by atoms with Gasteiger partial charge in [0, 0.05) is 11.5 Å². The predicted octanol–water partition coefficient (Wildman–Crippen LogP) is 2.42. The molecule has 9 heteroatoms. The van der Waals surface area contributed by atoms with E-state index in [1.54, 1.807) is 10.7 Å². The number of carbonyl (C=O) groups is 2. The van der Waals surface area contributed by atoms with Crippen molar-refractivity contribution in [3.63, 3.8) is 0 Å². The summed E-state index contributed by atoms with van der Waals surface area (Å²) in [5, 5.41) is 10.8. The molecule has 0 radical (unpaired) electrons. The highest BCUT2D eigenvalue weighted by Gasteiger charge is 2.25. The van der Waals surface area contributed by atoms with Crippen molar-refractivity contribution >= 4 is 28.6 Å². The van der Waals surface area contributed by atoms with Crippen LogP contribution in [0.5, 0.6) is 5.88 Å². The van der Waals surface area contributed by atoms with E-state index < -0.39 is 6.09 Å². The number of nitrogens with zero attached hydrogens (tertiary/aromatic N) is 3. The molecule has 1 unspecified atom stereocenters. The molecule has 0 aliphatic carbocycles. The van der Waals surface area contributed by atoms with Gasteiger partial charge in [0.25, 0.3) is 5.91 Å². The molecular weight excluding hydrogens is 374 g/mol. The number of alkyl carbamates (subject to hydrolysis) is 1. The highest BCUT2D eigenvalue weighted by molar-refractivity contribution is 6.13. The van der Waals surface area contributed by atoms with Crippen LogP contribution in [0.2, 0.25) is 0 Å². The minimum absolute atomic E-state index is 0.276. The summed E-state index contributed by atoms with van der Waals surface area (Å²) in [6.07, 6.45) is -0.721. The maximum atomic E-state index is 13.1. The molecule has 3 heterocycles. The lowest BCUT2D eigenvalue weighted by atomic mass is 10.1. The van der Waals surface area contributed by atoms with Crippen molar-refractivity contribution in [2.45, 2.75) is 26.5 Å². The number of ether oxygens (including phenoxy) is 2. The molecule has 2 amide bonds. The largest absolute Gasteiger partial charge is 0.481 e. The highest BCUT2D eigenvalue weighted by Crippen LogP contribution is 2.25. The third-order valence-electron chi connectivity index (χ3n) is 4.89. The van der Waals surface area contributed by atoms with Crippen molar-refractivity contribution in [3.05, 3.63) is 47.3 Å². The van der Waals surface area contributed by atoms with Crippen molar-refractivity contribution in [1.29, 1.82) is 0 Å². The molecule has 0 spiro atoms. The van der Waals surface area contributed by atoms with E-state index in [-0.39, 0.29) is 12.0 Å². The lowest BCUT2D eigenvalue weighted by Gasteiger charge is -2.11. The van der Waals surface area contributed by atoms with Crippen LogP contribution in [-0.4, -0.2) is 46.5 Å². The molecule has 29 heavy (non-hydrogen) atoms. The van der Waals surface area contributed by atoms with Gasteiger partial charge in [-0.15, -0.1) is 0 Å². The zero-order valence-electron chi connectivity index (χ0n) is 16.4. The van der Waals surface area contributed by atoms with Crippen LogP contribution in [0.4, 0.5) is 10.5 Å². The maximum absolute atomic E-state index is 13.1. The molecule has 1 fully saturated rings. The Hall–Kier alpha value is -3.62. The number of para-hydroxylation sites is 1. The average molecular weight is 395 g/mol. The van der Waals surface area contributed by atoms with Crippen molar-refractivity contribution in [3.8, 4) is 5.88 Å². The van der Waals surface area contributed by atoms with Gasteiger partial charge in [-0.3, -0.25) is 9.48 Å². The average Bonchev–Trinajstić information content (AvgIpc) is 3.24. The van der Waals surface area contributed by atoms with E-state index in [9.17, 15) is 9.59 Å². The summed E-state index contributed by atoms with van der Waals surface area (Å²) in [5.74, 6) is 0.0927. The minimum Gasteiger partial charge on any atom is -0.481 e. The predicted molar refractivity (Wildman–Crippen MR) is 106 cm³/mol. The normalized spacial score (nSPS) is 15.8. The Morgan fingerprint density at radius 1 is 1.38 bits per heavy atom. The first-order valence-corrected chi connectivity index (χ1v) is 9.20. The smallest absolute Gasteiger partial charge is 0.407 e. The van der Waals surface area contributed by atoms with Gasteiger partial charge in [0.05, 0.1) is 48.4 Å². The number of anilines is 1. The minimum atomic E-state index is -0.427. The molecule has 1 aliphatic heterocycles. The molecule has 3 aromatic rings. The lowest BCUT2D eigenvalue weighted by molar-refractivity contribution is 0.102. The third-order valence-corrected chi connectivity index (χ3v) is 4.89. The molecule has 0 bridgehead atoms. The van der Waals surface area contributed by atoms with E-state index in [2.05, 4.69) is 20.7 Å². The Morgan fingerprint density at radius 2 is 2.17 bits per heavy atom. The molecule has 1 aliphatic rings. The Bertz CT molecular complexity index is 1110. The number of amides is 2. The van der Waals surface area contributed by atoms with E-state index in [4.69, 9.17) is 9.47 Å². The van der Waals surface area contributed by atoms with E-state index in [0.29, 0.717) is 41.4 Å². The van der Waals surface area contributed by atoms with Crippen LogP contribution < -0.4 is 15.4 Å². The van der Waals surface area contributed by atoms with Gasteiger partial charge in [-0.1, -0.05) is 18.2 Å². The number of nitrogens with one attached hydrogen (secondary N) is 2. The van der Waals surface area contributed by atoms with Gasteiger partial charge in [-0.2, -0.15) is 5.10 Å². The molecule has 150 valence electrons. The summed E-state index contributed by atoms with van der Waals surface area (Å²) < 4.78 is 12.2. The number of benzene rings is 1. The number of fused-ring (bicyclic) bond motifs is 1. The number of methoxy groups -OCH3 is 1. The van der Waals surface area contributed by atoms with Crippen LogP contribution in [0.1, 0.15) is 21.7 Å². The molecule has 1 aromatic carbocycles. The van der Waals surface area contributed by atoms with Crippen molar-refractivity contribution in [1.82, 2.24) is 20.1 Å². The first-order chi connectivity index (χ1) is 14.0. The maximum Gasteiger partial charge on any atom is 0.407 e. The zero-order valence-corrected chi connectivity index (χ0v) is 16.4. The topological polar surface area (TPSA) is 107 Å². The van der Waals surface area contributed by atoms with Gasteiger partial charge in [-0.05, 0) is 19.9 Å². The summed E-state index contributed by atoms with van der Waals surface area (Å²) in [5.41, 5.74) is 3.24. The van der Waals surface area contributed by atoms with Gasteiger partial charge < -0.3 is 20.1 Å². The number of cyclic esters (lactones) is 1. The Balaban J connectivity index is 1.62. The summed E-state index contributed by atoms with van der Waals surface area (Å²) in [7, 11) is 1.52. The Morgan fingerprint density at radius 3 is 2.90 bits per heavy atom. The summed E-state index contributed by atoms with van der Waals surface area (Å²) in [6.45, 7) is 4.53. The summed E-state index contributed by atoms with van der Waals surface area (Å²) in [4.78, 5) is 28.7. The van der Waals surface area contributed by atoms with Crippen molar-refractivity contribution in [2.24, 2.45) is 0 Å².